The second kappa shape index (κ2) is 5.46. The van der Waals surface area contributed by atoms with Crippen LogP contribution in [0.15, 0.2) is 66.7 Å². The molecule has 5 aromatic rings. The van der Waals surface area contributed by atoms with Crippen molar-refractivity contribution < 1.29 is 0 Å². The third kappa shape index (κ3) is 1.91. The molecule has 26 heavy (non-hydrogen) atoms. The molecule has 0 aliphatic heterocycles. The van der Waals surface area contributed by atoms with Crippen LogP contribution >= 0.6 is 11.3 Å². The molecule has 0 spiro atoms. The van der Waals surface area contributed by atoms with Gasteiger partial charge in [0.15, 0.2) is 0 Å². The van der Waals surface area contributed by atoms with E-state index >= 15 is 0 Å². The molecule has 2 aromatic heterocycles. The number of para-hydroxylation sites is 2. The van der Waals surface area contributed by atoms with E-state index in [-0.39, 0.29) is 0 Å². The van der Waals surface area contributed by atoms with Crippen molar-refractivity contribution in [2.24, 2.45) is 0 Å². The van der Waals surface area contributed by atoms with Crippen LogP contribution in [0.1, 0.15) is 23.3 Å². The molecule has 0 radical (unpaired) electrons. The van der Waals surface area contributed by atoms with Crippen LogP contribution in [0, 0.1) is 0 Å². The molecule has 0 atom stereocenters. The second-order valence-electron chi connectivity index (χ2n) is 7.24. The number of thiophene rings is 1. The van der Waals surface area contributed by atoms with Crippen molar-refractivity contribution in [2.45, 2.75) is 25.7 Å². The fraction of sp³-hybridized carbons (Fsp3) is 0.167. The highest BCUT2D eigenvalue weighted by Crippen LogP contribution is 2.43. The maximum atomic E-state index is 2.47. The van der Waals surface area contributed by atoms with Crippen LogP contribution in [0.5, 0.6) is 0 Å². The van der Waals surface area contributed by atoms with E-state index in [0.29, 0.717) is 0 Å². The first-order chi connectivity index (χ1) is 12.9. The number of aryl methyl sites for hydroxylation is 2. The molecule has 0 saturated carbocycles. The van der Waals surface area contributed by atoms with Gasteiger partial charge in [0.25, 0.3) is 0 Å². The summed E-state index contributed by atoms with van der Waals surface area (Å²) in [7, 11) is 0. The van der Waals surface area contributed by atoms with E-state index in [1.807, 2.05) is 11.3 Å². The Bertz CT molecular complexity index is 1270. The van der Waals surface area contributed by atoms with E-state index in [9.17, 15) is 0 Å². The summed E-state index contributed by atoms with van der Waals surface area (Å²) in [6.07, 6.45) is 5.16. The lowest BCUT2D eigenvalue weighted by Gasteiger charge is -2.10. The van der Waals surface area contributed by atoms with Crippen molar-refractivity contribution in [1.82, 2.24) is 4.57 Å². The smallest absolute Gasteiger partial charge is 0.0719 e. The van der Waals surface area contributed by atoms with Crippen LogP contribution in [-0.2, 0) is 12.8 Å². The number of benzene rings is 3. The quantitative estimate of drug-likeness (QED) is 0.310. The average Bonchev–Trinajstić information content (AvgIpc) is 3.24. The maximum Gasteiger partial charge on any atom is 0.0719 e. The normalized spacial score (nSPS) is 14.3. The molecule has 0 unspecified atom stereocenters. The zero-order valence-corrected chi connectivity index (χ0v) is 15.4. The third-order valence-electron chi connectivity index (χ3n) is 5.77. The fourth-order valence-corrected chi connectivity index (χ4v) is 6.04. The molecule has 2 heteroatoms. The Hall–Kier alpha value is -2.58. The molecule has 0 fully saturated rings. The van der Waals surface area contributed by atoms with E-state index in [4.69, 9.17) is 0 Å². The van der Waals surface area contributed by atoms with Gasteiger partial charge in [-0.25, -0.2) is 0 Å². The lowest BCUT2D eigenvalue weighted by molar-refractivity contribution is 0.700. The number of nitrogens with zero attached hydrogens (tertiary/aromatic N) is 1. The minimum Gasteiger partial charge on any atom is -0.308 e. The Morgan fingerprint density at radius 3 is 2.38 bits per heavy atom. The van der Waals surface area contributed by atoms with Gasteiger partial charge in [0.05, 0.1) is 15.7 Å². The summed E-state index contributed by atoms with van der Waals surface area (Å²) >= 11 is 2.03. The number of hydrogen-bond acceptors (Lipinski definition) is 1. The summed E-state index contributed by atoms with van der Waals surface area (Å²) in [5.74, 6) is 0. The molecule has 1 aliphatic carbocycles. The largest absolute Gasteiger partial charge is 0.308 e. The van der Waals surface area contributed by atoms with Gasteiger partial charge in [-0.05, 0) is 54.8 Å². The van der Waals surface area contributed by atoms with Gasteiger partial charge < -0.3 is 4.57 Å². The molecule has 2 heterocycles. The maximum absolute atomic E-state index is 2.47. The molecule has 0 bridgehead atoms. The van der Waals surface area contributed by atoms with Crippen LogP contribution in [0.3, 0.4) is 0 Å². The fourth-order valence-electron chi connectivity index (χ4n) is 4.61. The van der Waals surface area contributed by atoms with Crippen LogP contribution in [-0.4, -0.2) is 4.57 Å². The highest BCUT2D eigenvalue weighted by Gasteiger charge is 2.21. The van der Waals surface area contributed by atoms with Gasteiger partial charge in [0.1, 0.15) is 0 Å². The van der Waals surface area contributed by atoms with Crippen LogP contribution in [0.4, 0.5) is 0 Å². The molecular formula is C24H19NS. The average molecular weight is 353 g/mol. The second-order valence-corrected chi connectivity index (χ2v) is 8.34. The Labute approximate surface area is 156 Å². The molecule has 0 amide bonds. The van der Waals surface area contributed by atoms with Crippen LogP contribution in [0.2, 0.25) is 0 Å². The molecular weight excluding hydrogens is 334 g/mol. The Morgan fingerprint density at radius 1 is 0.692 bits per heavy atom. The SMILES string of the molecule is c1ccc(-n2c3ccccc3c3ccc4c5c(sc4c32)CCCC5)cc1. The minimum absolute atomic E-state index is 1.24. The molecule has 0 saturated heterocycles. The lowest BCUT2D eigenvalue weighted by atomic mass is 9.96. The van der Waals surface area contributed by atoms with Gasteiger partial charge in [0.2, 0.25) is 0 Å². The lowest BCUT2D eigenvalue weighted by Crippen LogP contribution is -1.97. The summed E-state index contributed by atoms with van der Waals surface area (Å²) in [6, 6.07) is 24.3. The minimum atomic E-state index is 1.24. The predicted molar refractivity (Wildman–Crippen MR) is 113 cm³/mol. The highest BCUT2D eigenvalue weighted by atomic mass is 32.1. The number of fused-ring (bicyclic) bond motifs is 7. The van der Waals surface area contributed by atoms with Crippen molar-refractivity contribution in [3.05, 3.63) is 77.2 Å². The van der Waals surface area contributed by atoms with Gasteiger partial charge in [-0.2, -0.15) is 0 Å². The van der Waals surface area contributed by atoms with Gasteiger partial charge in [-0.3, -0.25) is 0 Å². The standard InChI is InChI=1S/C24H19NS/c1-2-8-16(9-3-1)25-21-12-6-4-10-17(21)19-14-15-20-18-11-5-7-13-22(18)26-24(20)23(19)25/h1-4,6,8-10,12,14-15H,5,7,11,13H2. The van der Waals surface area contributed by atoms with Crippen LogP contribution < -0.4 is 0 Å². The first-order valence-electron chi connectivity index (χ1n) is 9.43. The zero-order chi connectivity index (χ0) is 17.1. The predicted octanol–water partition coefficient (Wildman–Crippen LogP) is 6.88. The van der Waals surface area contributed by atoms with Gasteiger partial charge in [-0.15, -0.1) is 11.3 Å². The van der Waals surface area contributed by atoms with Crippen molar-refractivity contribution in [3.8, 4) is 5.69 Å². The third-order valence-corrected chi connectivity index (χ3v) is 7.09. The van der Waals surface area contributed by atoms with Crippen molar-refractivity contribution >= 4 is 43.2 Å². The molecule has 3 aromatic carbocycles. The Kier molecular flexibility index (Phi) is 3.06. The Balaban J connectivity index is 1.85. The molecule has 6 rings (SSSR count). The highest BCUT2D eigenvalue weighted by molar-refractivity contribution is 7.20. The topological polar surface area (TPSA) is 4.93 Å². The van der Waals surface area contributed by atoms with Gasteiger partial charge >= 0.3 is 0 Å². The first kappa shape index (κ1) is 14.6. The summed E-state index contributed by atoms with van der Waals surface area (Å²) in [4.78, 5) is 1.61. The molecule has 1 aliphatic rings. The van der Waals surface area contributed by atoms with Crippen LogP contribution in [0.25, 0.3) is 37.6 Å². The number of rotatable bonds is 1. The zero-order valence-electron chi connectivity index (χ0n) is 14.5. The number of hydrogen-bond donors (Lipinski definition) is 0. The first-order valence-corrected chi connectivity index (χ1v) is 10.3. The summed E-state index contributed by atoms with van der Waals surface area (Å²) < 4.78 is 3.93. The summed E-state index contributed by atoms with van der Waals surface area (Å²) in [5.41, 5.74) is 5.54. The summed E-state index contributed by atoms with van der Waals surface area (Å²) in [5, 5.41) is 4.20. The van der Waals surface area contributed by atoms with Gasteiger partial charge in [-0.1, -0.05) is 48.5 Å². The van der Waals surface area contributed by atoms with E-state index in [1.165, 1.54) is 63.3 Å². The monoisotopic (exact) mass is 353 g/mol. The van der Waals surface area contributed by atoms with E-state index in [0.717, 1.165) is 0 Å². The molecule has 126 valence electrons. The molecule has 0 N–H and O–H groups in total. The van der Waals surface area contributed by atoms with Crippen molar-refractivity contribution in [3.63, 3.8) is 0 Å². The van der Waals surface area contributed by atoms with E-state index < -0.39 is 0 Å². The molecule has 1 nitrogen and oxygen atoms in total. The van der Waals surface area contributed by atoms with E-state index in [2.05, 4.69) is 71.3 Å². The number of aromatic nitrogens is 1. The summed E-state index contributed by atoms with van der Waals surface area (Å²) in [6.45, 7) is 0. The van der Waals surface area contributed by atoms with Crippen molar-refractivity contribution in [1.29, 1.82) is 0 Å². The van der Waals surface area contributed by atoms with Crippen molar-refractivity contribution in [2.75, 3.05) is 0 Å². The van der Waals surface area contributed by atoms with E-state index in [1.54, 1.807) is 10.4 Å². The van der Waals surface area contributed by atoms with Gasteiger partial charge in [0, 0.05) is 21.3 Å². The Morgan fingerprint density at radius 2 is 1.46 bits per heavy atom.